The van der Waals surface area contributed by atoms with Crippen molar-refractivity contribution in [1.82, 2.24) is 4.98 Å². The van der Waals surface area contributed by atoms with Crippen molar-refractivity contribution in [2.24, 2.45) is 0 Å². The number of hydrogen-bond donors (Lipinski definition) is 1. The molecule has 2 rings (SSSR count). The number of aromatic nitrogens is 1. The summed E-state index contributed by atoms with van der Waals surface area (Å²) in [6, 6.07) is 11.7. The molecule has 0 aliphatic carbocycles. The van der Waals surface area contributed by atoms with Crippen molar-refractivity contribution in [2.75, 3.05) is 5.73 Å². The summed E-state index contributed by atoms with van der Waals surface area (Å²) in [4.78, 5) is 5.19. The summed E-state index contributed by atoms with van der Waals surface area (Å²) >= 11 is 1.67. The summed E-state index contributed by atoms with van der Waals surface area (Å²) in [5, 5.41) is 8.97. The lowest BCUT2D eigenvalue weighted by atomic mass is 10.2. The van der Waals surface area contributed by atoms with Crippen LogP contribution in [0.3, 0.4) is 0 Å². The molecular formula is C14H13N3S. The number of nitrogens with two attached hydrogens (primary N) is 1. The van der Waals surface area contributed by atoms with Crippen LogP contribution in [-0.4, -0.2) is 4.98 Å². The number of pyridine rings is 1. The molecule has 90 valence electrons. The maximum absolute atomic E-state index is 8.97. The Labute approximate surface area is 111 Å². The van der Waals surface area contributed by atoms with E-state index >= 15 is 0 Å². The minimum atomic E-state index is 0.492. The van der Waals surface area contributed by atoms with Crippen molar-refractivity contribution in [2.45, 2.75) is 17.6 Å². The first-order valence-corrected chi connectivity index (χ1v) is 6.52. The van der Waals surface area contributed by atoms with Crippen LogP contribution in [0.25, 0.3) is 0 Å². The Bertz CT molecular complexity index is 602. The highest BCUT2D eigenvalue weighted by atomic mass is 32.2. The maximum atomic E-state index is 8.97. The number of hydrogen-bond acceptors (Lipinski definition) is 4. The van der Waals surface area contributed by atoms with Gasteiger partial charge in [0.1, 0.15) is 11.8 Å². The van der Waals surface area contributed by atoms with Gasteiger partial charge in [0.25, 0.3) is 0 Å². The van der Waals surface area contributed by atoms with E-state index in [9.17, 15) is 0 Å². The van der Waals surface area contributed by atoms with Crippen molar-refractivity contribution < 1.29 is 0 Å². The lowest BCUT2D eigenvalue weighted by Crippen LogP contribution is -1.92. The van der Waals surface area contributed by atoms with Gasteiger partial charge in [0.2, 0.25) is 0 Å². The molecule has 1 heterocycles. The van der Waals surface area contributed by atoms with Crippen LogP contribution in [0, 0.1) is 18.3 Å². The summed E-state index contributed by atoms with van der Waals surface area (Å²) in [6.07, 6.45) is 1.64. The van der Waals surface area contributed by atoms with E-state index in [-0.39, 0.29) is 0 Å². The topological polar surface area (TPSA) is 62.7 Å². The van der Waals surface area contributed by atoms with Gasteiger partial charge in [-0.05, 0) is 36.2 Å². The zero-order valence-electron chi connectivity index (χ0n) is 10.1. The zero-order valence-corrected chi connectivity index (χ0v) is 10.9. The van der Waals surface area contributed by atoms with E-state index in [0.29, 0.717) is 5.69 Å². The van der Waals surface area contributed by atoms with Gasteiger partial charge < -0.3 is 5.73 Å². The summed E-state index contributed by atoms with van der Waals surface area (Å²) in [5.41, 5.74) is 9.17. The molecule has 0 saturated heterocycles. The third-order valence-electron chi connectivity index (χ3n) is 2.59. The molecule has 2 aromatic rings. The average molecular weight is 255 g/mol. The summed E-state index contributed by atoms with van der Waals surface area (Å²) < 4.78 is 0. The third kappa shape index (κ3) is 2.82. The van der Waals surface area contributed by atoms with Gasteiger partial charge in [0.05, 0.1) is 0 Å². The van der Waals surface area contributed by atoms with Gasteiger partial charge in [0.15, 0.2) is 0 Å². The molecule has 2 N–H and O–H groups in total. The average Bonchev–Trinajstić information content (AvgIpc) is 2.40. The van der Waals surface area contributed by atoms with Crippen molar-refractivity contribution in [3.63, 3.8) is 0 Å². The van der Waals surface area contributed by atoms with Crippen LogP contribution >= 0.6 is 11.8 Å². The predicted octanol–water partition coefficient (Wildman–Crippen LogP) is 3.14. The Balaban J connectivity index is 2.17. The maximum Gasteiger partial charge on any atom is 0.144 e. The minimum absolute atomic E-state index is 0.492. The molecule has 0 atom stereocenters. The van der Waals surface area contributed by atoms with Crippen LogP contribution in [0.1, 0.15) is 16.8 Å². The zero-order chi connectivity index (χ0) is 13.0. The molecule has 0 bridgehead atoms. The number of thioether (sulfide) groups is 1. The molecule has 1 aromatic heterocycles. The van der Waals surface area contributed by atoms with Crippen LogP contribution in [0.2, 0.25) is 0 Å². The number of aryl methyl sites for hydroxylation is 1. The fourth-order valence-corrected chi connectivity index (χ4v) is 2.64. The first kappa shape index (κ1) is 12.5. The van der Waals surface area contributed by atoms with E-state index < -0.39 is 0 Å². The Morgan fingerprint density at radius 2 is 2.22 bits per heavy atom. The number of nitrogen functional groups attached to an aromatic ring is 1. The van der Waals surface area contributed by atoms with Gasteiger partial charge >= 0.3 is 0 Å². The molecule has 18 heavy (non-hydrogen) atoms. The molecule has 1 aromatic carbocycles. The first-order valence-electron chi connectivity index (χ1n) is 5.53. The van der Waals surface area contributed by atoms with Gasteiger partial charge in [-0.3, -0.25) is 0 Å². The molecule has 3 nitrogen and oxygen atoms in total. The molecular weight excluding hydrogens is 242 g/mol. The second-order valence-electron chi connectivity index (χ2n) is 3.94. The molecule has 0 amide bonds. The number of nitriles is 1. The smallest absolute Gasteiger partial charge is 0.144 e. The summed E-state index contributed by atoms with van der Waals surface area (Å²) in [7, 11) is 0. The largest absolute Gasteiger partial charge is 0.399 e. The Hall–Kier alpha value is -1.99. The van der Waals surface area contributed by atoms with E-state index in [1.165, 1.54) is 5.56 Å². The SMILES string of the molecule is Cc1ccc(N)cc1SCc1cccnc1C#N. The summed E-state index contributed by atoms with van der Waals surface area (Å²) in [5.74, 6) is 0.723. The third-order valence-corrected chi connectivity index (χ3v) is 3.80. The second kappa shape index (κ2) is 5.56. The van der Waals surface area contributed by atoms with Crippen LogP contribution < -0.4 is 5.73 Å². The van der Waals surface area contributed by atoms with Crippen LogP contribution in [0.4, 0.5) is 5.69 Å². The highest BCUT2D eigenvalue weighted by Crippen LogP contribution is 2.28. The van der Waals surface area contributed by atoms with Crippen molar-refractivity contribution >= 4 is 17.4 Å². The highest BCUT2D eigenvalue weighted by molar-refractivity contribution is 7.98. The predicted molar refractivity (Wildman–Crippen MR) is 74.1 cm³/mol. The molecule has 0 aliphatic rings. The number of anilines is 1. The van der Waals surface area contributed by atoms with Crippen LogP contribution in [0.5, 0.6) is 0 Å². The van der Waals surface area contributed by atoms with Crippen LogP contribution in [-0.2, 0) is 5.75 Å². The highest BCUT2D eigenvalue weighted by Gasteiger charge is 2.05. The van der Waals surface area contributed by atoms with Crippen molar-refractivity contribution in [3.05, 3.63) is 53.3 Å². The molecule has 0 fully saturated rings. The lowest BCUT2D eigenvalue weighted by molar-refractivity contribution is 1.19. The molecule has 4 heteroatoms. The van der Waals surface area contributed by atoms with Gasteiger partial charge in [-0.2, -0.15) is 5.26 Å². The standard InChI is InChI=1S/C14H13N3S/c1-10-4-5-12(16)7-14(10)18-9-11-3-2-6-17-13(11)8-15/h2-7H,9,16H2,1H3. The number of rotatable bonds is 3. The first-order chi connectivity index (χ1) is 8.70. The van der Waals surface area contributed by atoms with E-state index in [2.05, 4.69) is 18.0 Å². The van der Waals surface area contributed by atoms with Crippen molar-refractivity contribution in [3.8, 4) is 6.07 Å². The van der Waals surface area contributed by atoms with Gasteiger partial charge in [-0.15, -0.1) is 11.8 Å². The summed E-state index contributed by atoms with van der Waals surface area (Å²) in [6.45, 7) is 2.05. The molecule has 0 unspecified atom stereocenters. The van der Waals surface area contributed by atoms with Gasteiger partial charge in [-0.25, -0.2) is 4.98 Å². The lowest BCUT2D eigenvalue weighted by Gasteiger charge is -2.07. The fraction of sp³-hybridized carbons (Fsp3) is 0.143. The Morgan fingerprint density at radius 1 is 1.39 bits per heavy atom. The van der Waals surface area contributed by atoms with Crippen molar-refractivity contribution in [1.29, 1.82) is 5.26 Å². The molecule has 0 radical (unpaired) electrons. The van der Waals surface area contributed by atoms with E-state index in [1.54, 1.807) is 18.0 Å². The van der Waals surface area contributed by atoms with E-state index in [0.717, 1.165) is 21.9 Å². The minimum Gasteiger partial charge on any atom is -0.399 e. The monoisotopic (exact) mass is 255 g/mol. The molecule has 0 aliphatic heterocycles. The Morgan fingerprint density at radius 3 is 3.00 bits per heavy atom. The van der Waals surface area contributed by atoms with Crippen LogP contribution in [0.15, 0.2) is 41.4 Å². The van der Waals surface area contributed by atoms with Gasteiger partial charge in [0, 0.05) is 22.5 Å². The normalized spacial score (nSPS) is 10.0. The second-order valence-corrected chi connectivity index (χ2v) is 4.95. The van der Waals surface area contributed by atoms with E-state index in [1.807, 2.05) is 30.3 Å². The van der Waals surface area contributed by atoms with Gasteiger partial charge in [-0.1, -0.05) is 12.1 Å². The molecule has 0 spiro atoms. The molecule has 0 saturated carbocycles. The van der Waals surface area contributed by atoms with E-state index in [4.69, 9.17) is 11.0 Å². The number of benzene rings is 1. The quantitative estimate of drug-likeness (QED) is 0.676. The fourth-order valence-electron chi connectivity index (χ4n) is 1.58. The number of nitrogens with zero attached hydrogens (tertiary/aromatic N) is 2. The Kier molecular flexibility index (Phi) is 3.85.